The Bertz CT molecular complexity index is 1200. The highest BCUT2D eigenvalue weighted by atomic mass is 35.5. The lowest BCUT2D eigenvalue weighted by atomic mass is 9.86. The number of hydrogen-bond donors (Lipinski definition) is 3. The molecule has 3 heterocycles. The number of rotatable bonds is 4. The quantitative estimate of drug-likeness (QED) is 0.607. The zero-order valence-corrected chi connectivity index (χ0v) is 18.2. The monoisotopic (exact) mass is 485 g/mol. The van der Waals surface area contributed by atoms with Crippen molar-refractivity contribution in [2.24, 2.45) is 0 Å². The fraction of sp³-hybridized carbons (Fsp3) is 0.316. The molecule has 9 nitrogen and oxygen atoms in total. The van der Waals surface area contributed by atoms with E-state index >= 15 is 0 Å². The predicted octanol–water partition coefficient (Wildman–Crippen LogP) is 1.86. The van der Waals surface area contributed by atoms with Gasteiger partial charge in [-0.15, -0.1) is 0 Å². The van der Waals surface area contributed by atoms with Crippen LogP contribution in [-0.2, 0) is 20.3 Å². The maximum atomic E-state index is 15.0. The van der Waals surface area contributed by atoms with E-state index in [1.165, 1.54) is 30.5 Å². The van der Waals surface area contributed by atoms with E-state index in [9.17, 15) is 22.0 Å². The van der Waals surface area contributed by atoms with Gasteiger partial charge in [-0.2, -0.15) is 0 Å². The van der Waals surface area contributed by atoms with Crippen molar-refractivity contribution < 1.29 is 26.7 Å². The third kappa shape index (κ3) is 3.48. The van der Waals surface area contributed by atoms with Crippen LogP contribution in [-0.4, -0.2) is 61.3 Å². The summed E-state index contributed by atoms with van der Waals surface area (Å²) in [6.45, 7) is -1.51. The molecule has 13 heteroatoms. The first-order chi connectivity index (χ1) is 15.1. The maximum Gasteiger partial charge on any atom is 0.274 e. The molecule has 0 bridgehead atoms. The number of hydrogen-bond acceptors (Lipinski definition) is 6. The van der Waals surface area contributed by atoms with Crippen LogP contribution in [0.3, 0.4) is 0 Å². The number of alkyl halides is 1. The maximum absolute atomic E-state index is 15.0. The lowest BCUT2D eigenvalue weighted by Crippen LogP contribution is -2.68. The highest BCUT2D eigenvalue weighted by Crippen LogP contribution is 2.44. The average Bonchev–Trinajstić information content (AvgIpc) is 3.14. The molecule has 0 aliphatic carbocycles. The molecule has 0 radical (unpaired) electrons. The fourth-order valence-corrected chi connectivity index (χ4v) is 5.99. The molecule has 0 unspecified atom stereocenters. The van der Waals surface area contributed by atoms with Crippen LogP contribution in [0.15, 0.2) is 36.5 Å². The van der Waals surface area contributed by atoms with E-state index < -0.39 is 57.9 Å². The number of nitrogens with one attached hydrogen (secondary N) is 3. The lowest BCUT2D eigenvalue weighted by Gasteiger charge is -2.44. The molecule has 2 fully saturated rings. The SMILES string of the molecule is CN1C(=N)N[C@@]2(c3cc(NC(=O)c4ccc(Cl)cn4)ccc3F)CO[C@H](CF)[C@H]2S1(=O)=O. The highest BCUT2D eigenvalue weighted by Gasteiger charge is 2.63. The number of ether oxygens (including phenoxy) is 1. The molecule has 0 spiro atoms. The molecular formula is C19H18ClF2N5O4S. The van der Waals surface area contributed by atoms with Crippen LogP contribution < -0.4 is 10.6 Å². The van der Waals surface area contributed by atoms with Crippen LogP contribution in [0, 0.1) is 11.2 Å². The minimum Gasteiger partial charge on any atom is -0.371 e. The molecule has 1 aromatic carbocycles. The second kappa shape index (κ2) is 7.94. The van der Waals surface area contributed by atoms with Gasteiger partial charge in [0.1, 0.15) is 35.1 Å². The molecule has 0 saturated carbocycles. The van der Waals surface area contributed by atoms with E-state index in [-0.39, 0.29) is 16.9 Å². The first-order valence-corrected chi connectivity index (χ1v) is 11.2. The van der Waals surface area contributed by atoms with E-state index in [1.54, 1.807) is 0 Å². The molecule has 4 rings (SSSR count). The van der Waals surface area contributed by atoms with E-state index in [0.717, 1.165) is 13.1 Å². The van der Waals surface area contributed by atoms with Crippen molar-refractivity contribution in [3.63, 3.8) is 0 Å². The Balaban J connectivity index is 1.76. The number of aromatic nitrogens is 1. The Kier molecular flexibility index (Phi) is 5.55. The minimum absolute atomic E-state index is 0.0554. The van der Waals surface area contributed by atoms with Gasteiger partial charge in [-0.1, -0.05) is 11.6 Å². The van der Waals surface area contributed by atoms with Crippen molar-refractivity contribution in [3.8, 4) is 0 Å². The number of nitrogens with zero attached hydrogens (tertiary/aromatic N) is 2. The number of amides is 1. The van der Waals surface area contributed by atoms with Crippen molar-refractivity contribution in [3.05, 3.63) is 58.6 Å². The summed E-state index contributed by atoms with van der Waals surface area (Å²) in [5, 5.41) is 12.1. The van der Waals surface area contributed by atoms with Crippen molar-refractivity contribution in [1.82, 2.24) is 14.6 Å². The highest BCUT2D eigenvalue weighted by molar-refractivity contribution is 7.90. The summed E-state index contributed by atoms with van der Waals surface area (Å²) < 4.78 is 60.7. The Morgan fingerprint density at radius 2 is 2.19 bits per heavy atom. The minimum atomic E-state index is -4.25. The second-order valence-electron chi connectivity index (χ2n) is 7.39. The number of sulfonamides is 1. The van der Waals surface area contributed by atoms with Gasteiger partial charge in [-0.05, 0) is 30.3 Å². The summed E-state index contributed by atoms with van der Waals surface area (Å²) in [6, 6.07) is 6.46. The normalized spacial score (nSPS) is 26.4. The molecule has 1 amide bonds. The van der Waals surface area contributed by atoms with Gasteiger partial charge in [0.05, 0.1) is 11.6 Å². The first-order valence-electron chi connectivity index (χ1n) is 9.35. The number of pyridine rings is 1. The van der Waals surface area contributed by atoms with Crippen LogP contribution in [0.5, 0.6) is 0 Å². The van der Waals surface area contributed by atoms with Crippen LogP contribution in [0.2, 0.25) is 5.02 Å². The molecule has 1 aromatic heterocycles. The number of carbonyl (C=O) groups is 1. The largest absolute Gasteiger partial charge is 0.371 e. The predicted molar refractivity (Wildman–Crippen MR) is 112 cm³/mol. The Hall–Kier alpha value is -2.83. The number of carbonyl (C=O) groups excluding carboxylic acids is 1. The number of halogens is 3. The molecule has 2 aliphatic rings. The lowest BCUT2D eigenvalue weighted by molar-refractivity contribution is 0.0835. The summed E-state index contributed by atoms with van der Waals surface area (Å²) in [7, 11) is -3.10. The number of anilines is 1. The Morgan fingerprint density at radius 1 is 1.44 bits per heavy atom. The fourth-order valence-electron chi connectivity index (χ4n) is 3.94. The van der Waals surface area contributed by atoms with Crippen LogP contribution in [0.25, 0.3) is 0 Å². The third-order valence-corrected chi connectivity index (χ3v) is 8.04. The Morgan fingerprint density at radius 3 is 2.84 bits per heavy atom. The van der Waals surface area contributed by atoms with Gasteiger partial charge < -0.3 is 15.4 Å². The number of guanidine groups is 1. The third-order valence-electron chi connectivity index (χ3n) is 5.52. The first kappa shape index (κ1) is 22.4. The smallest absolute Gasteiger partial charge is 0.274 e. The molecule has 2 saturated heterocycles. The molecule has 3 N–H and O–H groups in total. The molecule has 2 aliphatic heterocycles. The zero-order chi connectivity index (χ0) is 23.3. The summed E-state index contributed by atoms with van der Waals surface area (Å²) >= 11 is 5.77. The van der Waals surface area contributed by atoms with Crippen molar-refractivity contribution >= 4 is 39.2 Å². The zero-order valence-electron chi connectivity index (χ0n) is 16.6. The van der Waals surface area contributed by atoms with Crippen molar-refractivity contribution in [1.29, 1.82) is 5.41 Å². The van der Waals surface area contributed by atoms with Gasteiger partial charge in [-0.3, -0.25) is 10.2 Å². The molecule has 32 heavy (non-hydrogen) atoms. The van der Waals surface area contributed by atoms with E-state index in [2.05, 4.69) is 15.6 Å². The number of benzene rings is 1. The van der Waals surface area contributed by atoms with Gasteiger partial charge in [0, 0.05) is 24.5 Å². The molecule has 3 atom stereocenters. The van der Waals surface area contributed by atoms with E-state index in [0.29, 0.717) is 9.33 Å². The van der Waals surface area contributed by atoms with Gasteiger partial charge >= 0.3 is 0 Å². The average molecular weight is 486 g/mol. The Labute approximate surface area is 187 Å². The van der Waals surface area contributed by atoms with Gasteiger partial charge in [0.15, 0.2) is 0 Å². The van der Waals surface area contributed by atoms with Gasteiger partial charge in [0.2, 0.25) is 16.0 Å². The standard InChI is InChI=1S/C19H18ClF2N5O4S/c1-27-18(23)26-19(9-31-15(7-21)16(19)32(27,29)30)12-6-11(3-4-13(12)22)25-17(28)14-5-2-10(20)8-24-14/h2-6,8,15-16H,7,9H2,1H3,(H2,23,26)(H,25,28)/t15-,16-,19-/m1/s1. The van der Waals surface area contributed by atoms with Gasteiger partial charge in [0.25, 0.3) is 5.91 Å². The van der Waals surface area contributed by atoms with E-state index in [1.807, 2.05) is 0 Å². The second-order valence-corrected chi connectivity index (χ2v) is 9.91. The molecule has 2 aromatic rings. The van der Waals surface area contributed by atoms with Crippen LogP contribution >= 0.6 is 11.6 Å². The topological polar surface area (TPSA) is 124 Å². The van der Waals surface area contributed by atoms with Crippen LogP contribution in [0.4, 0.5) is 14.5 Å². The summed E-state index contributed by atoms with van der Waals surface area (Å²) in [5.74, 6) is -1.92. The van der Waals surface area contributed by atoms with Crippen molar-refractivity contribution in [2.75, 3.05) is 25.6 Å². The summed E-state index contributed by atoms with van der Waals surface area (Å²) in [4.78, 5) is 16.4. The van der Waals surface area contributed by atoms with Crippen molar-refractivity contribution in [2.45, 2.75) is 16.9 Å². The summed E-state index contributed by atoms with van der Waals surface area (Å²) in [6.07, 6.45) is -0.0684. The summed E-state index contributed by atoms with van der Waals surface area (Å²) in [5.41, 5.74) is -1.74. The van der Waals surface area contributed by atoms with Crippen LogP contribution in [0.1, 0.15) is 16.1 Å². The van der Waals surface area contributed by atoms with E-state index in [4.69, 9.17) is 21.7 Å². The molecular weight excluding hydrogens is 468 g/mol. The molecule has 170 valence electrons. The van der Waals surface area contributed by atoms with Gasteiger partial charge in [-0.25, -0.2) is 26.5 Å². The number of fused-ring (bicyclic) bond motifs is 1.